The maximum absolute atomic E-state index is 13.2. The summed E-state index contributed by atoms with van der Waals surface area (Å²) in [5.41, 5.74) is 7.38. The molecule has 0 radical (unpaired) electrons. The molecule has 152 valence electrons. The van der Waals surface area contributed by atoms with E-state index in [0.717, 1.165) is 17.4 Å². The normalized spacial score (nSPS) is 24.4. The highest BCUT2D eigenvalue weighted by Gasteiger charge is 2.43. The van der Waals surface area contributed by atoms with Gasteiger partial charge >= 0.3 is 0 Å². The fourth-order valence-electron chi connectivity index (χ4n) is 7.27. The summed E-state index contributed by atoms with van der Waals surface area (Å²) in [5, 5.41) is 8.11. The van der Waals surface area contributed by atoms with E-state index in [1.165, 1.54) is 63.1 Å². The van der Waals surface area contributed by atoms with Crippen molar-refractivity contribution in [2.75, 3.05) is 0 Å². The highest BCUT2D eigenvalue weighted by molar-refractivity contribution is 6.31. The van der Waals surface area contributed by atoms with Crippen molar-refractivity contribution in [2.24, 2.45) is 0 Å². The molecule has 1 aliphatic carbocycles. The maximum atomic E-state index is 13.2. The van der Waals surface area contributed by atoms with Crippen molar-refractivity contribution in [3.8, 4) is 0 Å². The van der Waals surface area contributed by atoms with Crippen molar-refractivity contribution in [1.29, 1.82) is 0 Å². The van der Waals surface area contributed by atoms with Crippen molar-refractivity contribution in [3.63, 3.8) is 0 Å². The second kappa shape index (κ2) is 5.13. The molecule has 1 unspecified atom stereocenters. The van der Waals surface area contributed by atoms with Crippen molar-refractivity contribution in [1.82, 2.24) is 14.5 Å². The lowest BCUT2D eigenvalue weighted by Gasteiger charge is -2.39. The molecule has 4 nitrogen and oxygen atoms in total. The third kappa shape index (κ3) is 1.71. The Labute approximate surface area is 179 Å². The van der Waals surface area contributed by atoms with Crippen LogP contribution in [0.1, 0.15) is 54.6 Å². The Morgan fingerprint density at radius 1 is 0.968 bits per heavy atom. The summed E-state index contributed by atoms with van der Waals surface area (Å²) in [4.78, 5) is 13.2. The van der Waals surface area contributed by atoms with Crippen LogP contribution < -0.4 is 5.32 Å². The first-order valence-corrected chi connectivity index (χ1v) is 11.5. The zero-order valence-electron chi connectivity index (χ0n) is 17.5. The fraction of sp³-hybridized carbons (Fsp3) is 0.296. The molecule has 31 heavy (non-hydrogen) atoms. The lowest BCUT2D eigenvalue weighted by atomic mass is 9.80. The first kappa shape index (κ1) is 16.4. The Bertz CT molecular complexity index is 1640. The Morgan fingerprint density at radius 3 is 2.55 bits per heavy atom. The standard InChI is InChI=1S/C27H23N3O/c1-27-12-6-7-15(13-27)29-19-10-4-2-8-16(19)22-23-18(14-28-26(23)31)21-17-9-3-5-11-20(17)30(27)25(21)24(22)29/h2-5,8-11,15H,6-7,12-14H2,1H3,(H,28,31)/t15?,27-/m1/s1. The zero-order valence-corrected chi connectivity index (χ0v) is 17.5. The molecule has 2 aromatic heterocycles. The van der Waals surface area contributed by atoms with E-state index in [0.29, 0.717) is 12.6 Å². The van der Waals surface area contributed by atoms with Gasteiger partial charge in [0.1, 0.15) is 0 Å². The molecule has 1 N–H and O–H groups in total. The molecule has 3 aromatic carbocycles. The number of para-hydroxylation sites is 2. The van der Waals surface area contributed by atoms with Crippen LogP contribution >= 0.6 is 0 Å². The molecule has 0 spiro atoms. The van der Waals surface area contributed by atoms with E-state index >= 15 is 0 Å². The third-order valence-corrected chi connectivity index (χ3v) is 8.35. The second-order valence-electron chi connectivity index (χ2n) is 9.97. The van der Waals surface area contributed by atoms with Gasteiger partial charge in [0.05, 0.1) is 16.6 Å². The van der Waals surface area contributed by atoms with Gasteiger partial charge in [-0.15, -0.1) is 0 Å². The van der Waals surface area contributed by atoms with Crippen LogP contribution in [-0.4, -0.2) is 15.0 Å². The molecule has 2 bridgehead atoms. The van der Waals surface area contributed by atoms with Crippen LogP contribution in [0.2, 0.25) is 0 Å². The molecule has 3 aliphatic rings. The molecule has 4 heteroatoms. The summed E-state index contributed by atoms with van der Waals surface area (Å²) >= 11 is 0. The van der Waals surface area contributed by atoms with Crippen LogP contribution in [0, 0.1) is 0 Å². The summed E-state index contributed by atoms with van der Waals surface area (Å²) in [7, 11) is 0. The average molecular weight is 406 g/mol. The van der Waals surface area contributed by atoms with Gasteiger partial charge in [0.25, 0.3) is 5.91 Å². The lowest BCUT2D eigenvalue weighted by molar-refractivity contribution is 0.0967. The molecule has 0 saturated heterocycles. The maximum Gasteiger partial charge on any atom is 0.252 e. The number of benzene rings is 3. The molecule has 1 amide bonds. The smallest absolute Gasteiger partial charge is 0.252 e. The predicted molar refractivity (Wildman–Crippen MR) is 125 cm³/mol. The van der Waals surface area contributed by atoms with Crippen LogP contribution in [0.15, 0.2) is 48.5 Å². The largest absolute Gasteiger partial charge is 0.348 e. The van der Waals surface area contributed by atoms with Gasteiger partial charge in [-0.3, -0.25) is 4.79 Å². The molecule has 8 rings (SSSR count). The van der Waals surface area contributed by atoms with Gasteiger partial charge in [-0.05, 0) is 50.3 Å². The van der Waals surface area contributed by atoms with Crippen molar-refractivity contribution < 1.29 is 4.79 Å². The summed E-state index contributed by atoms with van der Waals surface area (Å²) in [5.74, 6) is 0.0788. The van der Waals surface area contributed by atoms with E-state index in [2.05, 4.69) is 69.9 Å². The zero-order chi connectivity index (χ0) is 20.5. The number of hydrogen-bond acceptors (Lipinski definition) is 1. The Kier molecular flexibility index (Phi) is 2.72. The number of fused-ring (bicyclic) bond motifs is 13. The van der Waals surface area contributed by atoms with Crippen molar-refractivity contribution >= 4 is 49.5 Å². The predicted octanol–water partition coefficient (Wildman–Crippen LogP) is 5.99. The molecule has 5 aromatic rings. The Balaban J connectivity index is 1.80. The first-order valence-electron chi connectivity index (χ1n) is 11.5. The minimum atomic E-state index is 0.0788. The molecule has 1 fully saturated rings. The Morgan fingerprint density at radius 2 is 1.71 bits per heavy atom. The van der Waals surface area contributed by atoms with Crippen molar-refractivity contribution in [2.45, 2.75) is 50.7 Å². The average Bonchev–Trinajstić information content (AvgIpc) is 3.41. The van der Waals surface area contributed by atoms with E-state index in [1.807, 2.05) is 0 Å². The first-order chi connectivity index (χ1) is 15.2. The van der Waals surface area contributed by atoms with E-state index in [4.69, 9.17) is 0 Å². The van der Waals surface area contributed by atoms with E-state index in [1.54, 1.807) is 0 Å². The minimum absolute atomic E-state index is 0.0788. The SMILES string of the molecule is C[C@@]12CCCC(C1)n1c3ccccc3c3c4c(c5c6ccccc6n2c5c31)CNC4=O. The van der Waals surface area contributed by atoms with Gasteiger partial charge in [-0.25, -0.2) is 0 Å². The van der Waals surface area contributed by atoms with Crippen LogP contribution in [0.3, 0.4) is 0 Å². The van der Waals surface area contributed by atoms with Crippen LogP contribution in [0.25, 0.3) is 43.6 Å². The number of hydrogen-bond donors (Lipinski definition) is 1. The molecule has 1 saturated carbocycles. The van der Waals surface area contributed by atoms with E-state index < -0.39 is 0 Å². The molecular formula is C27H23N3O. The molecule has 2 aliphatic heterocycles. The topological polar surface area (TPSA) is 39.0 Å². The van der Waals surface area contributed by atoms with Crippen LogP contribution in [0.5, 0.6) is 0 Å². The van der Waals surface area contributed by atoms with E-state index in [-0.39, 0.29) is 11.4 Å². The molecule has 4 heterocycles. The van der Waals surface area contributed by atoms with Crippen LogP contribution in [-0.2, 0) is 12.1 Å². The summed E-state index contributed by atoms with van der Waals surface area (Å²) < 4.78 is 5.27. The monoisotopic (exact) mass is 405 g/mol. The minimum Gasteiger partial charge on any atom is -0.348 e. The highest BCUT2D eigenvalue weighted by Crippen LogP contribution is 2.54. The lowest BCUT2D eigenvalue weighted by Crippen LogP contribution is -2.35. The molecular weight excluding hydrogens is 382 g/mol. The molecule has 2 atom stereocenters. The number of nitrogens with one attached hydrogen (secondary N) is 1. The number of carbonyl (C=O) groups excluding carboxylic acids is 1. The van der Waals surface area contributed by atoms with Gasteiger partial charge in [-0.2, -0.15) is 0 Å². The van der Waals surface area contributed by atoms with Gasteiger partial charge in [-0.1, -0.05) is 36.4 Å². The van der Waals surface area contributed by atoms with Gasteiger partial charge < -0.3 is 14.5 Å². The van der Waals surface area contributed by atoms with Crippen molar-refractivity contribution in [3.05, 3.63) is 59.7 Å². The quantitative estimate of drug-likeness (QED) is 0.338. The number of rotatable bonds is 0. The van der Waals surface area contributed by atoms with Gasteiger partial charge in [0.15, 0.2) is 0 Å². The number of aromatic nitrogens is 2. The number of amides is 1. The van der Waals surface area contributed by atoms with Gasteiger partial charge in [0, 0.05) is 50.7 Å². The summed E-state index contributed by atoms with van der Waals surface area (Å²) in [6.45, 7) is 3.08. The second-order valence-corrected chi connectivity index (χ2v) is 9.97. The van der Waals surface area contributed by atoms with Gasteiger partial charge in [0.2, 0.25) is 0 Å². The summed E-state index contributed by atoms with van der Waals surface area (Å²) in [6.07, 6.45) is 4.78. The van der Waals surface area contributed by atoms with Crippen LogP contribution in [0.4, 0.5) is 0 Å². The van der Waals surface area contributed by atoms with E-state index in [9.17, 15) is 4.79 Å². The third-order valence-electron chi connectivity index (χ3n) is 8.35. The Hall–Kier alpha value is -3.27. The highest BCUT2D eigenvalue weighted by atomic mass is 16.1. The number of carbonyl (C=O) groups is 1. The fourth-order valence-corrected chi connectivity index (χ4v) is 7.27. The number of nitrogens with zero attached hydrogens (tertiary/aromatic N) is 2. The summed E-state index contributed by atoms with van der Waals surface area (Å²) in [6, 6.07) is 18.0.